The number of nitrogens with two attached hydrogens (primary N) is 1. The molecule has 32 heavy (non-hydrogen) atoms. The van der Waals surface area contributed by atoms with E-state index >= 15 is 0 Å². The van der Waals surface area contributed by atoms with Gasteiger partial charge in [-0.25, -0.2) is 4.79 Å². The Labute approximate surface area is 197 Å². The number of thioether (sulfide) groups is 1. The van der Waals surface area contributed by atoms with Gasteiger partial charge in [-0.15, -0.1) is 0 Å². The molecule has 184 valence electrons. The molecule has 0 aliphatic carbocycles. The Morgan fingerprint density at radius 3 is 1.91 bits per heavy atom. The molecule has 0 aliphatic rings. The monoisotopic (exact) mass is 494 g/mol. The summed E-state index contributed by atoms with van der Waals surface area (Å²) in [5, 5.41) is 25.5. The third kappa shape index (κ3) is 12.2. The number of thiol groups is 1. The third-order valence-electron chi connectivity index (χ3n) is 4.39. The first-order chi connectivity index (χ1) is 14.9. The second kappa shape index (κ2) is 15.8. The molecule has 0 fully saturated rings. The maximum absolute atomic E-state index is 12.6. The Kier molecular flexibility index (Phi) is 14.8. The number of hydrogen-bond acceptors (Lipinski definition) is 8. The predicted octanol–water partition coefficient (Wildman–Crippen LogP) is -0.553. The summed E-state index contributed by atoms with van der Waals surface area (Å²) >= 11 is 5.57. The Morgan fingerprint density at radius 2 is 1.44 bits per heavy atom. The van der Waals surface area contributed by atoms with Gasteiger partial charge in [-0.3, -0.25) is 19.2 Å². The summed E-state index contributed by atoms with van der Waals surface area (Å²) in [5.41, 5.74) is 5.79. The largest absolute Gasteiger partial charge is 0.481 e. The average Bonchev–Trinajstić information content (AvgIpc) is 2.71. The minimum Gasteiger partial charge on any atom is -0.481 e. The summed E-state index contributed by atoms with van der Waals surface area (Å²) in [6, 6.07) is -4.44. The van der Waals surface area contributed by atoms with Crippen LogP contribution >= 0.6 is 24.4 Å². The maximum Gasteiger partial charge on any atom is 0.326 e. The normalized spacial score (nSPS) is 14.7. The molecular weight excluding hydrogens is 460 g/mol. The highest BCUT2D eigenvalue weighted by atomic mass is 32.2. The van der Waals surface area contributed by atoms with E-state index in [2.05, 4.69) is 28.6 Å². The van der Waals surface area contributed by atoms with Gasteiger partial charge in [0.1, 0.15) is 18.1 Å². The lowest BCUT2D eigenvalue weighted by Crippen LogP contribution is -2.57. The first-order valence-corrected chi connectivity index (χ1v) is 12.2. The van der Waals surface area contributed by atoms with Crippen LogP contribution in [0.1, 0.15) is 39.5 Å². The molecule has 3 amide bonds. The van der Waals surface area contributed by atoms with Gasteiger partial charge < -0.3 is 31.9 Å². The average molecular weight is 495 g/mol. The number of carbonyl (C=O) groups excluding carboxylic acids is 3. The van der Waals surface area contributed by atoms with Crippen LogP contribution in [-0.2, 0) is 24.0 Å². The van der Waals surface area contributed by atoms with Crippen LogP contribution in [-0.4, -0.2) is 81.8 Å². The summed E-state index contributed by atoms with van der Waals surface area (Å²) in [5.74, 6) is -4.02. The molecule has 0 aromatic rings. The number of amides is 3. The highest BCUT2D eigenvalue weighted by molar-refractivity contribution is 7.98. The summed E-state index contributed by atoms with van der Waals surface area (Å²) in [4.78, 5) is 59.9. The molecule has 0 bridgehead atoms. The third-order valence-corrected chi connectivity index (χ3v) is 5.40. The van der Waals surface area contributed by atoms with E-state index in [9.17, 15) is 29.1 Å². The molecule has 11 nitrogen and oxygen atoms in total. The van der Waals surface area contributed by atoms with Gasteiger partial charge in [0.2, 0.25) is 17.7 Å². The zero-order valence-corrected chi connectivity index (χ0v) is 20.2. The van der Waals surface area contributed by atoms with E-state index in [0.717, 1.165) is 0 Å². The first-order valence-electron chi connectivity index (χ1n) is 10.1. The van der Waals surface area contributed by atoms with Gasteiger partial charge in [-0.1, -0.05) is 13.8 Å². The van der Waals surface area contributed by atoms with Crippen LogP contribution in [0.5, 0.6) is 0 Å². The quantitative estimate of drug-likeness (QED) is 0.138. The SMILES string of the molecule is CSCCC(N)C(=O)NC(CS)C(=O)NC(CCC(=O)O)C(=O)NC(CC(C)C)C(=O)O. The molecule has 4 unspecified atom stereocenters. The van der Waals surface area contributed by atoms with Crippen molar-refractivity contribution in [3.63, 3.8) is 0 Å². The van der Waals surface area contributed by atoms with Gasteiger partial charge in [0.15, 0.2) is 0 Å². The molecule has 0 spiro atoms. The fourth-order valence-corrected chi connectivity index (χ4v) is 3.37. The minimum absolute atomic E-state index is 0.0254. The molecule has 0 aromatic carbocycles. The predicted molar refractivity (Wildman–Crippen MR) is 125 cm³/mol. The van der Waals surface area contributed by atoms with Crippen LogP contribution in [0.15, 0.2) is 0 Å². The van der Waals surface area contributed by atoms with Crippen molar-refractivity contribution in [3.8, 4) is 0 Å². The highest BCUT2D eigenvalue weighted by Gasteiger charge is 2.30. The van der Waals surface area contributed by atoms with Crippen molar-refractivity contribution in [1.29, 1.82) is 0 Å². The molecule has 0 aliphatic heterocycles. The van der Waals surface area contributed by atoms with Crippen molar-refractivity contribution >= 4 is 54.1 Å². The van der Waals surface area contributed by atoms with Gasteiger partial charge in [-0.05, 0) is 37.2 Å². The lowest BCUT2D eigenvalue weighted by Gasteiger charge is -2.24. The van der Waals surface area contributed by atoms with Crippen LogP contribution in [0, 0.1) is 5.92 Å². The van der Waals surface area contributed by atoms with E-state index in [1.165, 1.54) is 11.8 Å². The Morgan fingerprint density at radius 1 is 0.906 bits per heavy atom. The maximum atomic E-state index is 12.6. The number of rotatable bonds is 16. The molecule has 0 rings (SSSR count). The number of carboxylic acid groups (broad SMARTS) is 2. The number of carbonyl (C=O) groups is 5. The lowest BCUT2D eigenvalue weighted by atomic mass is 10.0. The molecule has 4 atom stereocenters. The summed E-state index contributed by atoms with van der Waals surface area (Å²) in [6.45, 7) is 3.57. The molecule has 7 N–H and O–H groups in total. The molecular formula is C19H34N4O7S2. The van der Waals surface area contributed by atoms with Gasteiger partial charge in [0, 0.05) is 12.2 Å². The number of aliphatic carboxylic acids is 2. The smallest absolute Gasteiger partial charge is 0.326 e. The molecule has 0 aromatic heterocycles. The van der Waals surface area contributed by atoms with Crippen molar-refractivity contribution < 1.29 is 34.2 Å². The zero-order chi connectivity index (χ0) is 24.8. The standard InChI is InChI=1S/C19H34N4O7S2/c1-10(2)8-13(19(29)30)22-17(27)12(4-5-15(24)25)21-18(28)14(9-31)23-16(26)11(20)6-7-32-3/h10-14,31H,4-9,20H2,1-3H3,(H,21,28)(H,22,27)(H,23,26)(H,24,25)(H,29,30). The van der Waals surface area contributed by atoms with Gasteiger partial charge in [-0.2, -0.15) is 24.4 Å². The van der Waals surface area contributed by atoms with Crippen molar-refractivity contribution in [2.24, 2.45) is 11.7 Å². The molecule has 0 radical (unpaired) electrons. The van der Waals surface area contributed by atoms with E-state index in [-0.39, 0.29) is 24.5 Å². The zero-order valence-electron chi connectivity index (χ0n) is 18.5. The highest BCUT2D eigenvalue weighted by Crippen LogP contribution is 2.07. The van der Waals surface area contributed by atoms with E-state index < -0.39 is 60.2 Å². The van der Waals surface area contributed by atoms with Gasteiger partial charge >= 0.3 is 11.9 Å². The lowest BCUT2D eigenvalue weighted by molar-refractivity contribution is -0.143. The Hall–Kier alpha value is -1.99. The van der Waals surface area contributed by atoms with Crippen molar-refractivity contribution in [2.75, 3.05) is 17.8 Å². The van der Waals surface area contributed by atoms with Gasteiger partial charge in [0.25, 0.3) is 0 Å². The number of hydrogen-bond donors (Lipinski definition) is 7. The van der Waals surface area contributed by atoms with Crippen molar-refractivity contribution in [3.05, 3.63) is 0 Å². The van der Waals surface area contributed by atoms with Crippen LogP contribution in [0.25, 0.3) is 0 Å². The second-order valence-electron chi connectivity index (χ2n) is 7.65. The molecule has 0 saturated heterocycles. The van der Waals surface area contributed by atoms with Crippen LogP contribution in [0.2, 0.25) is 0 Å². The van der Waals surface area contributed by atoms with E-state index in [0.29, 0.717) is 12.2 Å². The summed E-state index contributed by atoms with van der Waals surface area (Å²) in [7, 11) is 0. The summed E-state index contributed by atoms with van der Waals surface area (Å²) < 4.78 is 0. The molecule has 13 heteroatoms. The van der Waals surface area contributed by atoms with Crippen molar-refractivity contribution in [1.82, 2.24) is 16.0 Å². The first kappa shape index (κ1) is 30.0. The van der Waals surface area contributed by atoms with E-state index in [1.54, 1.807) is 13.8 Å². The van der Waals surface area contributed by atoms with Gasteiger partial charge in [0.05, 0.1) is 6.04 Å². The van der Waals surface area contributed by atoms with Crippen molar-refractivity contribution in [2.45, 2.75) is 63.7 Å². The number of nitrogens with one attached hydrogen (secondary N) is 3. The topological polar surface area (TPSA) is 188 Å². The Bertz CT molecular complexity index is 664. The minimum atomic E-state index is -1.31. The fourth-order valence-electron chi connectivity index (χ4n) is 2.62. The Balaban J connectivity index is 5.29. The number of carboxylic acids is 2. The van der Waals surface area contributed by atoms with E-state index in [4.69, 9.17) is 10.8 Å². The summed E-state index contributed by atoms with van der Waals surface area (Å²) in [6.07, 6.45) is 1.74. The molecule has 0 heterocycles. The van der Waals surface area contributed by atoms with Crippen LogP contribution in [0.3, 0.4) is 0 Å². The van der Waals surface area contributed by atoms with E-state index in [1.807, 2.05) is 6.26 Å². The van der Waals surface area contributed by atoms with Crippen LogP contribution in [0.4, 0.5) is 0 Å². The van der Waals surface area contributed by atoms with Crippen LogP contribution < -0.4 is 21.7 Å². The molecule has 0 saturated carbocycles. The second-order valence-corrected chi connectivity index (χ2v) is 9.01. The fraction of sp³-hybridized carbons (Fsp3) is 0.737.